The van der Waals surface area contributed by atoms with Gasteiger partial charge in [-0.2, -0.15) is 4.98 Å². The molecule has 0 aliphatic carbocycles. The van der Waals surface area contributed by atoms with Gasteiger partial charge in [0.15, 0.2) is 0 Å². The number of aromatic nitrogens is 3. The minimum Gasteiger partial charge on any atom is -0.369 e. The van der Waals surface area contributed by atoms with Crippen molar-refractivity contribution in [1.29, 1.82) is 0 Å². The van der Waals surface area contributed by atoms with Gasteiger partial charge in [0.25, 0.3) is 0 Å². The molecule has 0 atom stereocenters. The van der Waals surface area contributed by atoms with Gasteiger partial charge in [0.1, 0.15) is 5.82 Å². The standard InChI is InChI=1S/C19H17BrN6O2S2/c20-15-10-23-19(25-13-3-6-16-17(9-13)29-11-24-16)26-18(15)22-8-7-12-1-4-14(5-2-12)30(21,27)28/h1-6,9-11H,7-8H2,(H2,21,27,28)(H2,22,23,25,26). The molecule has 2 aromatic carbocycles. The third-order valence-electron chi connectivity index (χ3n) is 4.29. The van der Waals surface area contributed by atoms with Crippen molar-refractivity contribution in [3.8, 4) is 0 Å². The molecule has 4 rings (SSSR count). The highest BCUT2D eigenvalue weighted by atomic mass is 79.9. The van der Waals surface area contributed by atoms with E-state index in [0.29, 0.717) is 24.7 Å². The van der Waals surface area contributed by atoms with Crippen LogP contribution in [0, 0.1) is 0 Å². The minimum absolute atomic E-state index is 0.102. The molecule has 0 unspecified atom stereocenters. The van der Waals surface area contributed by atoms with E-state index in [-0.39, 0.29) is 4.90 Å². The Bertz CT molecular complexity index is 1290. The molecule has 0 amide bonds. The van der Waals surface area contributed by atoms with Crippen molar-refractivity contribution in [3.05, 3.63) is 64.2 Å². The van der Waals surface area contributed by atoms with Crippen molar-refractivity contribution in [1.82, 2.24) is 15.0 Å². The van der Waals surface area contributed by atoms with Crippen LogP contribution in [-0.2, 0) is 16.4 Å². The van der Waals surface area contributed by atoms with E-state index in [1.165, 1.54) is 12.1 Å². The summed E-state index contributed by atoms with van der Waals surface area (Å²) in [5, 5.41) is 11.6. The van der Waals surface area contributed by atoms with Gasteiger partial charge in [-0.25, -0.2) is 23.5 Å². The van der Waals surface area contributed by atoms with Crippen LogP contribution in [0.2, 0.25) is 0 Å². The summed E-state index contributed by atoms with van der Waals surface area (Å²) in [5.74, 6) is 1.13. The molecular weight excluding hydrogens is 488 g/mol. The molecular formula is C19H17BrN6O2S2. The lowest BCUT2D eigenvalue weighted by atomic mass is 10.1. The first-order valence-electron chi connectivity index (χ1n) is 8.87. The first kappa shape index (κ1) is 20.7. The molecule has 11 heteroatoms. The van der Waals surface area contributed by atoms with Gasteiger partial charge in [0.2, 0.25) is 16.0 Å². The second-order valence-electron chi connectivity index (χ2n) is 6.42. The normalized spacial score (nSPS) is 11.5. The van der Waals surface area contributed by atoms with E-state index < -0.39 is 10.0 Å². The monoisotopic (exact) mass is 504 g/mol. The highest BCUT2D eigenvalue weighted by Crippen LogP contribution is 2.25. The van der Waals surface area contributed by atoms with Gasteiger partial charge >= 0.3 is 0 Å². The van der Waals surface area contributed by atoms with Gasteiger partial charge in [0.05, 0.1) is 25.1 Å². The molecule has 4 N–H and O–H groups in total. The fourth-order valence-electron chi connectivity index (χ4n) is 2.78. The zero-order valence-electron chi connectivity index (χ0n) is 15.5. The van der Waals surface area contributed by atoms with Crippen LogP contribution in [0.25, 0.3) is 10.2 Å². The number of sulfonamides is 1. The second-order valence-corrected chi connectivity index (χ2v) is 9.72. The average Bonchev–Trinajstić information content (AvgIpc) is 3.18. The number of nitrogens with two attached hydrogens (primary N) is 1. The fourth-order valence-corrected chi connectivity index (χ4v) is 4.35. The first-order chi connectivity index (χ1) is 14.4. The number of anilines is 3. The number of benzene rings is 2. The molecule has 0 saturated carbocycles. The van der Waals surface area contributed by atoms with E-state index in [2.05, 4.69) is 41.5 Å². The summed E-state index contributed by atoms with van der Waals surface area (Å²) in [6, 6.07) is 12.4. The summed E-state index contributed by atoms with van der Waals surface area (Å²) >= 11 is 5.04. The topological polar surface area (TPSA) is 123 Å². The lowest BCUT2D eigenvalue weighted by Crippen LogP contribution is -2.12. The number of nitrogens with zero attached hydrogens (tertiary/aromatic N) is 3. The molecule has 0 aliphatic rings. The number of fused-ring (bicyclic) bond motifs is 1. The van der Waals surface area contributed by atoms with E-state index in [4.69, 9.17) is 5.14 Å². The Kier molecular flexibility index (Phi) is 5.95. The molecule has 0 saturated heterocycles. The Morgan fingerprint density at radius 3 is 2.67 bits per heavy atom. The minimum atomic E-state index is -3.68. The third-order valence-corrected chi connectivity index (χ3v) is 6.59. The highest BCUT2D eigenvalue weighted by Gasteiger charge is 2.08. The van der Waals surface area contributed by atoms with Crippen LogP contribution in [0.4, 0.5) is 17.5 Å². The molecule has 0 radical (unpaired) electrons. The molecule has 4 aromatic rings. The lowest BCUT2D eigenvalue weighted by Gasteiger charge is -2.10. The Morgan fingerprint density at radius 2 is 1.90 bits per heavy atom. The Balaban J connectivity index is 1.40. The van der Waals surface area contributed by atoms with Gasteiger partial charge in [-0.15, -0.1) is 11.3 Å². The van der Waals surface area contributed by atoms with Crippen molar-refractivity contribution >= 4 is 65.0 Å². The molecule has 8 nitrogen and oxygen atoms in total. The quantitative estimate of drug-likeness (QED) is 0.348. The molecule has 2 aromatic heterocycles. The van der Waals surface area contributed by atoms with Crippen molar-refractivity contribution in [3.63, 3.8) is 0 Å². The Labute approximate surface area is 185 Å². The third kappa shape index (κ3) is 4.93. The van der Waals surface area contributed by atoms with Gasteiger partial charge in [0, 0.05) is 18.4 Å². The maximum absolute atomic E-state index is 11.3. The van der Waals surface area contributed by atoms with Crippen molar-refractivity contribution in [2.24, 2.45) is 5.14 Å². The van der Waals surface area contributed by atoms with Crippen LogP contribution in [-0.4, -0.2) is 29.9 Å². The van der Waals surface area contributed by atoms with E-state index >= 15 is 0 Å². The van der Waals surface area contributed by atoms with Crippen LogP contribution >= 0.6 is 27.3 Å². The number of primary sulfonamides is 1. The summed E-state index contributed by atoms with van der Waals surface area (Å²) in [7, 11) is -3.68. The largest absolute Gasteiger partial charge is 0.369 e. The maximum Gasteiger partial charge on any atom is 0.238 e. The maximum atomic E-state index is 11.3. The number of rotatable bonds is 7. The van der Waals surface area contributed by atoms with E-state index in [9.17, 15) is 8.42 Å². The number of hydrogen-bond donors (Lipinski definition) is 3. The number of nitrogens with one attached hydrogen (secondary N) is 2. The van der Waals surface area contributed by atoms with Gasteiger partial charge in [-0.3, -0.25) is 0 Å². The molecule has 0 aliphatic heterocycles. The zero-order chi connectivity index (χ0) is 21.1. The average molecular weight is 505 g/mol. The molecule has 0 fully saturated rings. The van der Waals surface area contributed by atoms with Gasteiger partial charge < -0.3 is 10.6 Å². The van der Waals surface area contributed by atoms with Crippen LogP contribution < -0.4 is 15.8 Å². The van der Waals surface area contributed by atoms with E-state index in [1.807, 2.05) is 23.7 Å². The van der Waals surface area contributed by atoms with Crippen LogP contribution in [0.15, 0.2) is 63.5 Å². The van der Waals surface area contributed by atoms with Crippen molar-refractivity contribution in [2.45, 2.75) is 11.3 Å². The lowest BCUT2D eigenvalue weighted by molar-refractivity contribution is 0.598. The summed E-state index contributed by atoms with van der Waals surface area (Å²) in [6.07, 6.45) is 2.37. The van der Waals surface area contributed by atoms with Crippen LogP contribution in [0.3, 0.4) is 0 Å². The molecule has 0 spiro atoms. The number of halogens is 1. The van der Waals surface area contributed by atoms with Crippen LogP contribution in [0.1, 0.15) is 5.56 Å². The smallest absolute Gasteiger partial charge is 0.238 e. The fraction of sp³-hybridized carbons (Fsp3) is 0.105. The molecule has 30 heavy (non-hydrogen) atoms. The van der Waals surface area contributed by atoms with E-state index in [1.54, 1.807) is 29.7 Å². The molecule has 2 heterocycles. The predicted octanol–water partition coefficient (Wildman–Crippen LogP) is 3.89. The number of hydrogen-bond acceptors (Lipinski definition) is 8. The summed E-state index contributed by atoms with van der Waals surface area (Å²) in [5.41, 5.74) is 4.64. The summed E-state index contributed by atoms with van der Waals surface area (Å²) < 4.78 is 24.5. The van der Waals surface area contributed by atoms with Crippen molar-refractivity contribution < 1.29 is 8.42 Å². The summed E-state index contributed by atoms with van der Waals surface area (Å²) in [4.78, 5) is 13.2. The number of thiazole rings is 1. The zero-order valence-corrected chi connectivity index (χ0v) is 18.8. The molecule has 154 valence electrons. The van der Waals surface area contributed by atoms with Gasteiger partial charge in [-0.1, -0.05) is 12.1 Å². The van der Waals surface area contributed by atoms with Crippen LogP contribution in [0.5, 0.6) is 0 Å². The second kappa shape index (κ2) is 8.64. The Morgan fingerprint density at radius 1 is 1.10 bits per heavy atom. The molecule has 0 bridgehead atoms. The Hall–Kier alpha value is -2.60. The SMILES string of the molecule is NS(=O)(=O)c1ccc(CCNc2nc(Nc3ccc4ncsc4c3)ncc2Br)cc1. The summed E-state index contributed by atoms with van der Waals surface area (Å²) in [6.45, 7) is 0.608. The van der Waals surface area contributed by atoms with Crippen molar-refractivity contribution in [2.75, 3.05) is 17.2 Å². The van der Waals surface area contributed by atoms with Gasteiger partial charge in [-0.05, 0) is 58.2 Å². The van der Waals surface area contributed by atoms with E-state index in [0.717, 1.165) is 25.9 Å². The highest BCUT2D eigenvalue weighted by molar-refractivity contribution is 9.10. The first-order valence-corrected chi connectivity index (χ1v) is 12.1. The predicted molar refractivity (Wildman–Crippen MR) is 123 cm³/mol.